The highest BCUT2D eigenvalue weighted by molar-refractivity contribution is 9.10. The maximum Gasteiger partial charge on any atom is 0.282 e. The third-order valence-electron chi connectivity index (χ3n) is 6.64. The minimum atomic E-state index is -0.251. The standard InChI is InChI=1S/C33H24BrN3O3/c1-39-30-18-25(28(34)19-31(30)40-21-24-14-9-13-22-10-5-6-15-26(22)24)20-35-37-32(23-11-3-2-4-12-23)36-29-17-8-7-16-27(29)33(37)38/h2-20H,21H2,1H3. The molecule has 6 nitrogen and oxygen atoms in total. The Kier molecular flexibility index (Phi) is 7.12. The Morgan fingerprint density at radius 3 is 2.40 bits per heavy atom. The molecule has 6 aromatic rings. The molecule has 5 aromatic carbocycles. The molecule has 0 amide bonds. The second-order valence-electron chi connectivity index (χ2n) is 9.13. The van der Waals surface area contributed by atoms with Gasteiger partial charge in [-0.1, -0.05) is 84.9 Å². The highest BCUT2D eigenvalue weighted by Crippen LogP contribution is 2.34. The van der Waals surface area contributed by atoms with Gasteiger partial charge in [-0.3, -0.25) is 4.79 Å². The van der Waals surface area contributed by atoms with Gasteiger partial charge in [0.1, 0.15) is 6.61 Å². The van der Waals surface area contributed by atoms with Crippen molar-refractivity contribution in [1.29, 1.82) is 0 Å². The van der Waals surface area contributed by atoms with E-state index in [2.05, 4.69) is 45.3 Å². The minimum Gasteiger partial charge on any atom is -0.493 e. The van der Waals surface area contributed by atoms with Crippen molar-refractivity contribution in [2.24, 2.45) is 5.10 Å². The zero-order valence-corrected chi connectivity index (χ0v) is 23.2. The summed E-state index contributed by atoms with van der Waals surface area (Å²) in [5, 5.41) is 7.39. The summed E-state index contributed by atoms with van der Waals surface area (Å²) in [5.41, 5.74) is 2.95. The number of ether oxygens (including phenoxy) is 2. The number of fused-ring (bicyclic) bond motifs is 2. The minimum absolute atomic E-state index is 0.251. The lowest BCUT2D eigenvalue weighted by atomic mass is 10.1. The van der Waals surface area contributed by atoms with Crippen molar-refractivity contribution >= 4 is 43.8 Å². The smallest absolute Gasteiger partial charge is 0.282 e. The number of rotatable bonds is 7. The van der Waals surface area contributed by atoms with Crippen molar-refractivity contribution in [3.05, 3.63) is 135 Å². The zero-order valence-electron chi connectivity index (χ0n) is 21.6. The van der Waals surface area contributed by atoms with E-state index < -0.39 is 0 Å². The zero-order chi connectivity index (χ0) is 27.5. The lowest BCUT2D eigenvalue weighted by Gasteiger charge is -2.14. The van der Waals surface area contributed by atoms with Crippen LogP contribution < -0.4 is 15.0 Å². The Labute approximate surface area is 239 Å². The van der Waals surface area contributed by atoms with Crippen LogP contribution in [0, 0.1) is 0 Å². The van der Waals surface area contributed by atoms with Crippen LogP contribution in [0.4, 0.5) is 0 Å². The van der Waals surface area contributed by atoms with Crippen molar-refractivity contribution in [1.82, 2.24) is 9.66 Å². The number of halogens is 1. The van der Waals surface area contributed by atoms with Gasteiger partial charge in [0.05, 0.1) is 24.2 Å². The largest absolute Gasteiger partial charge is 0.493 e. The Morgan fingerprint density at radius 1 is 0.850 bits per heavy atom. The summed E-state index contributed by atoms with van der Waals surface area (Å²) in [4.78, 5) is 18.2. The van der Waals surface area contributed by atoms with Crippen LogP contribution >= 0.6 is 15.9 Å². The van der Waals surface area contributed by atoms with Crippen molar-refractivity contribution in [3.8, 4) is 22.9 Å². The van der Waals surface area contributed by atoms with E-state index in [1.165, 1.54) is 4.68 Å². The van der Waals surface area contributed by atoms with Crippen LogP contribution in [0.5, 0.6) is 11.5 Å². The summed E-state index contributed by atoms with van der Waals surface area (Å²) in [6.07, 6.45) is 1.62. The number of hydrogen-bond donors (Lipinski definition) is 0. The number of aromatic nitrogens is 2. The number of hydrogen-bond acceptors (Lipinski definition) is 5. The first-order chi connectivity index (χ1) is 19.6. The van der Waals surface area contributed by atoms with Gasteiger partial charge in [0.2, 0.25) is 0 Å². The fourth-order valence-electron chi connectivity index (χ4n) is 4.62. The second-order valence-corrected chi connectivity index (χ2v) is 9.99. The Bertz CT molecular complexity index is 1930. The molecule has 0 radical (unpaired) electrons. The molecule has 0 bridgehead atoms. The predicted octanol–water partition coefficient (Wildman–Crippen LogP) is 7.45. The van der Waals surface area contributed by atoms with E-state index in [0.29, 0.717) is 40.4 Å². The van der Waals surface area contributed by atoms with Crippen molar-refractivity contribution < 1.29 is 9.47 Å². The van der Waals surface area contributed by atoms with Gasteiger partial charge in [-0.25, -0.2) is 4.98 Å². The van der Waals surface area contributed by atoms with Crippen LogP contribution in [-0.4, -0.2) is 23.0 Å². The monoisotopic (exact) mass is 589 g/mol. The summed E-state index contributed by atoms with van der Waals surface area (Å²) in [5.74, 6) is 1.60. The first-order valence-corrected chi connectivity index (χ1v) is 13.5. The fraction of sp³-hybridized carbons (Fsp3) is 0.0606. The lowest BCUT2D eigenvalue weighted by molar-refractivity contribution is 0.285. The van der Waals surface area contributed by atoms with Crippen molar-refractivity contribution in [2.75, 3.05) is 7.11 Å². The highest BCUT2D eigenvalue weighted by Gasteiger charge is 2.14. The molecule has 0 aliphatic heterocycles. The molecular weight excluding hydrogens is 566 g/mol. The van der Waals surface area contributed by atoms with Gasteiger partial charge in [-0.05, 0) is 56.5 Å². The molecule has 0 fully saturated rings. The van der Waals surface area contributed by atoms with Crippen LogP contribution in [-0.2, 0) is 6.61 Å². The van der Waals surface area contributed by atoms with Crippen LogP contribution in [0.3, 0.4) is 0 Å². The molecule has 1 heterocycles. The summed E-state index contributed by atoms with van der Waals surface area (Å²) in [7, 11) is 1.60. The van der Waals surface area contributed by atoms with E-state index >= 15 is 0 Å². The van der Waals surface area contributed by atoms with Crippen molar-refractivity contribution in [2.45, 2.75) is 6.61 Å². The number of methoxy groups -OCH3 is 1. The highest BCUT2D eigenvalue weighted by atomic mass is 79.9. The molecule has 0 N–H and O–H groups in total. The summed E-state index contributed by atoms with van der Waals surface area (Å²) >= 11 is 3.64. The van der Waals surface area contributed by atoms with Gasteiger partial charge in [-0.2, -0.15) is 9.78 Å². The average molecular weight is 590 g/mol. The Balaban J connectivity index is 1.35. The lowest BCUT2D eigenvalue weighted by Crippen LogP contribution is -2.20. The van der Waals surface area contributed by atoms with Crippen LogP contribution in [0.2, 0.25) is 0 Å². The molecule has 0 saturated heterocycles. The molecule has 0 aliphatic carbocycles. The van der Waals surface area contributed by atoms with Gasteiger partial charge < -0.3 is 9.47 Å². The van der Waals surface area contributed by atoms with E-state index in [1.807, 2.05) is 78.9 Å². The molecule has 0 spiro atoms. The van der Waals surface area contributed by atoms with E-state index in [-0.39, 0.29) is 5.56 Å². The maximum absolute atomic E-state index is 13.5. The van der Waals surface area contributed by atoms with Crippen LogP contribution in [0.1, 0.15) is 11.1 Å². The molecule has 7 heteroatoms. The summed E-state index contributed by atoms with van der Waals surface area (Å²) in [6.45, 7) is 0.385. The molecule has 1 aromatic heterocycles. The Morgan fingerprint density at radius 2 is 1.57 bits per heavy atom. The third kappa shape index (κ3) is 4.99. The van der Waals surface area contributed by atoms with Crippen LogP contribution in [0.15, 0.2) is 124 Å². The van der Waals surface area contributed by atoms with Gasteiger partial charge in [-0.15, -0.1) is 0 Å². The predicted molar refractivity (Wildman–Crippen MR) is 163 cm³/mol. The van der Waals surface area contributed by atoms with Crippen molar-refractivity contribution in [3.63, 3.8) is 0 Å². The molecule has 0 atom stereocenters. The van der Waals surface area contributed by atoms with E-state index in [9.17, 15) is 4.79 Å². The van der Waals surface area contributed by atoms with Crippen LogP contribution in [0.25, 0.3) is 33.1 Å². The second kappa shape index (κ2) is 11.2. The van der Waals surface area contributed by atoms with E-state index in [1.54, 1.807) is 19.4 Å². The van der Waals surface area contributed by atoms with E-state index in [4.69, 9.17) is 14.5 Å². The molecular formula is C33H24BrN3O3. The maximum atomic E-state index is 13.5. The topological polar surface area (TPSA) is 65.7 Å². The quantitative estimate of drug-likeness (QED) is 0.181. The molecule has 6 rings (SSSR count). The number of para-hydroxylation sites is 1. The normalized spacial score (nSPS) is 11.3. The summed E-state index contributed by atoms with van der Waals surface area (Å²) < 4.78 is 13.9. The molecule has 0 unspecified atom stereocenters. The van der Waals surface area contributed by atoms with Gasteiger partial charge in [0, 0.05) is 15.6 Å². The van der Waals surface area contributed by atoms with Gasteiger partial charge in [0.15, 0.2) is 17.3 Å². The molecule has 196 valence electrons. The number of nitrogens with zero attached hydrogens (tertiary/aromatic N) is 3. The molecule has 0 aliphatic rings. The summed E-state index contributed by atoms with van der Waals surface area (Å²) in [6, 6.07) is 34.9. The SMILES string of the molecule is COc1cc(C=Nn2c(-c3ccccc3)nc3ccccc3c2=O)c(Br)cc1OCc1cccc2ccccc12. The van der Waals surface area contributed by atoms with Gasteiger partial charge >= 0.3 is 0 Å². The average Bonchev–Trinajstić information content (AvgIpc) is 3.00. The first kappa shape index (κ1) is 25.5. The molecule has 40 heavy (non-hydrogen) atoms. The van der Waals surface area contributed by atoms with Gasteiger partial charge in [0.25, 0.3) is 5.56 Å². The third-order valence-corrected chi connectivity index (χ3v) is 7.33. The molecule has 0 saturated carbocycles. The van der Waals surface area contributed by atoms with E-state index in [0.717, 1.165) is 26.4 Å². The Hall–Kier alpha value is -4.75. The first-order valence-electron chi connectivity index (χ1n) is 12.7. The fourth-order valence-corrected chi connectivity index (χ4v) is 5.05. The number of benzene rings is 5.